The van der Waals surface area contributed by atoms with Crippen molar-refractivity contribution in [3.63, 3.8) is 0 Å². The van der Waals surface area contributed by atoms with Crippen molar-refractivity contribution in [2.45, 2.75) is 38.3 Å². The van der Waals surface area contributed by atoms with E-state index in [1.165, 1.54) is 16.9 Å². The van der Waals surface area contributed by atoms with Crippen LogP contribution in [0, 0.1) is 5.92 Å². The normalized spacial score (nSPS) is 19.7. The van der Waals surface area contributed by atoms with Crippen LogP contribution in [0.3, 0.4) is 0 Å². The van der Waals surface area contributed by atoms with Gasteiger partial charge in [0.15, 0.2) is 5.65 Å². The van der Waals surface area contributed by atoms with Crippen LogP contribution in [0.5, 0.6) is 0 Å². The summed E-state index contributed by atoms with van der Waals surface area (Å²) in [7, 11) is 0. The summed E-state index contributed by atoms with van der Waals surface area (Å²) in [5.41, 5.74) is -0.360. The molecular weight excluding hydrogens is 359 g/mol. The Balaban J connectivity index is 1.47. The molecule has 2 aromatic heterocycles. The smallest absolute Gasteiger partial charge is 0.339 e. The van der Waals surface area contributed by atoms with Gasteiger partial charge in [0.1, 0.15) is 0 Å². The maximum Gasteiger partial charge on any atom is 0.417 e. The van der Waals surface area contributed by atoms with Gasteiger partial charge in [-0.1, -0.05) is 19.3 Å². The Labute approximate surface area is 155 Å². The molecule has 2 fully saturated rings. The predicted octanol–water partition coefficient (Wildman–Crippen LogP) is 2.98. The fourth-order valence-electron chi connectivity index (χ4n) is 4.00. The average Bonchev–Trinajstić information content (AvgIpc) is 3.11. The number of carbonyl (C=O) groups excluding carboxylic acids is 1. The Hall–Kier alpha value is -2.32. The number of aromatic nitrogens is 3. The molecule has 0 N–H and O–H groups in total. The standard InChI is InChI=1S/C18H22F3N5O/c19-18(20,21)14-6-7-15-22-23-17(26(15)12-14)25-10-8-24(9-11-25)16(27)13-4-2-1-3-5-13/h6-7,12-13H,1-5,8-11H2. The molecule has 4 rings (SSSR count). The predicted molar refractivity (Wildman–Crippen MR) is 93.4 cm³/mol. The summed E-state index contributed by atoms with van der Waals surface area (Å²) in [6.45, 7) is 2.19. The largest absolute Gasteiger partial charge is 0.417 e. The van der Waals surface area contributed by atoms with Crippen molar-refractivity contribution in [3.8, 4) is 0 Å². The van der Waals surface area contributed by atoms with Gasteiger partial charge in [-0.25, -0.2) is 0 Å². The van der Waals surface area contributed by atoms with E-state index in [1.54, 1.807) is 0 Å². The van der Waals surface area contributed by atoms with Gasteiger partial charge in [0.05, 0.1) is 5.56 Å². The minimum absolute atomic E-state index is 0.133. The van der Waals surface area contributed by atoms with Crippen molar-refractivity contribution in [3.05, 3.63) is 23.9 Å². The minimum atomic E-state index is -4.42. The summed E-state index contributed by atoms with van der Waals surface area (Å²) in [4.78, 5) is 16.4. The second-order valence-electron chi connectivity index (χ2n) is 7.29. The van der Waals surface area contributed by atoms with E-state index in [0.717, 1.165) is 37.9 Å². The van der Waals surface area contributed by atoms with Crippen LogP contribution < -0.4 is 4.90 Å². The number of carbonyl (C=O) groups is 1. The van der Waals surface area contributed by atoms with Gasteiger partial charge in [0.25, 0.3) is 0 Å². The monoisotopic (exact) mass is 381 g/mol. The van der Waals surface area contributed by atoms with E-state index in [4.69, 9.17) is 0 Å². The molecule has 27 heavy (non-hydrogen) atoms. The number of nitrogens with zero attached hydrogens (tertiary/aromatic N) is 5. The summed E-state index contributed by atoms with van der Waals surface area (Å²) in [5, 5.41) is 8.04. The number of amides is 1. The Morgan fingerprint density at radius 1 is 1.00 bits per heavy atom. The number of anilines is 1. The van der Waals surface area contributed by atoms with Crippen molar-refractivity contribution in [2.75, 3.05) is 31.1 Å². The number of alkyl halides is 3. The first kappa shape index (κ1) is 18.1. The van der Waals surface area contributed by atoms with Crippen LogP contribution in [0.25, 0.3) is 5.65 Å². The van der Waals surface area contributed by atoms with Gasteiger partial charge in [-0.15, -0.1) is 10.2 Å². The number of halogens is 3. The Kier molecular flexibility index (Phi) is 4.69. The van der Waals surface area contributed by atoms with Crippen LogP contribution in [0.4, 0.5) is 19.1 Å². The van der Waals surface area contributed by atoms with E-state index in [2.05, 4.69) is 10.2 Å². The highest BCUT2D eigenvalue weighted by atomic mass is 19.4. The highest BCUT2D eigenvalue weighted by molar-refractivity contribution is 5.79. The Morgan fingerprint density at radius 3 is 2.37 bits per heavy atom. The highest BCUT2D eigenvalue weighted by Gasteiger charge is 2.32. The van der Waals surface area contributed by atoms with Crippen LogP contribution in [-0.2, 0) is 11.0 Å². The molecule has 1 saturated carbocycles. The van der Waals surface area contributed by atoms with E-state index in [-0.39, 0.29) is 11.8 Å². The van der Waals surface area contributed by atoms with Crippen LogP contribution >= 0.6 is 0 Å². The third-order valence-electron chi connectivity index (χ3n) is 5.54. The maximum atomic E-state index is 13.0. The Morgan fingerprint density at radius 2 is 1.70 bits per heavy atom. The minimum Gasteiger partial charge on any atom is -0.339 e. The lowest BCUT2D eigenvalue weighted by molar-refractivity contribution is -0.138. The molecule has 0 aromatic carbocycles. The van der Waals surface area contributed by atoms with Gasteiger partial charge in [-0.3, -0.25) is 9.20 Å². The zero-order valence-corrected chi connectivity index (χ0v) is 15.0. The van der Waals surface area contributed by atoms with Crippen LogP contribution in [-0.4, -0.2) is 51.6 Å². The molecule has 2 aliphatic rings. The molecular formula is C18H22F3N5O. The molecule has 9 heteroatoms. The lowest BCUT2D eigenvalue weighted by Crippen LogP contribution is -2.51. The molecule has 0 atom stereocenters. The molecule has 1 aliphatic heterocycles. The first-order chi connectivity index (χ1) is 12.9. The molecule has 0 radical (unpaired) electrons. The molecule has 6 nitrogen and oxygen atoms in total. The third-order valence-corrected chi connectivity index (χ3v) is 5.54. The second kappa shape index (κ2) is 7.01. The number of hydrogen-bond donors (Lipinski definition) is 0. The van der Waals surface area contributed by atoms with Crippen molar-refractivity contribution >= 4 is 17.5 Å². The molecule has 146 valence electrons. The topological polar surface area (TPSA) is 53.7 Å². The van der Waals surface area contributed by atoms with Crippen molar-refractivity contribution < 1.29 is 18.0 Å². The van der Waals surface area contributed by atoms with Gasteiger partial charge in [-0.05, 0) is 25.0 Å². The van der Waals surface area contributed by atoms with Gasteiger partial charge in [0, 0.05) is 38.3 Å². The molecule has 0 spiro atoms. The van der Waals surface area contributed by atoms with Gasteiger partial charge < -0.3 is 9.80 Å². The SMILES string of the molecule is O=C(C1CCCCC1)N1CCN(c2nnc3ccc(C(F)(F)F)cn23)CC1. The highest BCUT2D eigenvalue weighted by Crippen LogP contribution is 2.30. The zero-order valence-electron chi connectivity index (χ0n) is 15.0. The van der Waals surface area contributed by atoms with Crippen LogP contribution in [0.2, 0.25) is 0 Å². The average molecular weight is 381 g/mol. The number of rotatable bonds is 2. The van der Waals surface area contributed by atoms with E-state index in [1.807, 2.05) is 9.80 Å². The summed E-state index contributed by atoms with van der Waals surface area (Å²) in [6, 6.07) is 2.33. The molecule has 1 saturated heterocycles. The molecule has 2 aromatic rings. The summed E-state index contributed by atoms with van der Waals surface area (Å²) in [5.74, 6) is 0.745. The number of piperazine rings is 1. The number of pyridine rings is 1. The first-order valence-electron chi connectivity index (χ1n) is 9.39. The van der Waals surface area contributed by atoms with Gasteiger partial charge in [-0.2, -0.15) is 13.2 Å². The van der Waals surface area contributed by atoms with E-state index in [0.29, 0.717) is 37.8 Å². The first-order valence-corrected chi connectivity index (χ1v) is 9.39. The molecule has 3 heterocycles. The maximum absolute atomic E-state index is 13.0. The zero-order chi connectivity index (χ0) is 19.0. The molecule has 1 aliphatic carbocycles. The van der Waals surface area contributed by atoms with Crippen molar-refractivity contribution in [1.82, 2.24) is 19.5 Å². The molecule has 1 amide bonds. The van der Waals surface area contributed by atoms with Crippen molar-refractivity contribution in [2.24, 2.45) is 5.92 Å². The quantitative estimate of drug-likeness (QED) is 0.803. The lowest BCUT2D eigenvalue weighted by Gasteiger charge is -2.37. The lowest BCUT2D eigenvalue weighted by atomic mass is 9.88. The van der Waals surface area contributed by atoms with Gasteiger partial charge in [0.2, 0.25) is 11.9 Å². The van der Waals surface area contributed by atoms with Crippen LogP contribution in [0.15, 0.2) is 18.3 Å². The fourth-order valence-corrected chi connectivity index (χ4v) is 4.00. The molecule has 0 unspecified atom stereocenters. The van der Waals surface area contributed by atoms with Crippen molar-refractivity contribution in [1.29, 1.82) is 0 Å². The van der Waals surface area contributed by atoms with E-state index in [9.17, 15) is 18.0 Å². The Bertz CT molecular complexity index is 820. The molecule has 0 bridgehead atoms. The third kappa shape index (κ3) is 3.59. The second-order valence-corrected chi connectivity index (χ2v) is 7.29. The van der Waals surface area contributed by atoms with Gasteiger partial charge >= 0.3 is 6.18 Å². The fraction of sp³-hybridized carbons (Fsp3) is 0.611. The van der Waals surface area contributed by atoms with Crippen LogP contribution in [0.1, 0.15) is 37.7 Å². The number of hydrogen-bond acceptors (Lipinski definition) is 4. The van der Waals surface area contributed by atoms with E-state index < -0.39 is 11.7 Å². The number of fused-ring (bicyclic) bond motifs is 1. The summed E-state index contributed by atoms with van der Waals surface area (Å²) < 4.78 is 40.4. The summed E-state index contributed by atoms with van der Waals surface area (Å²) >= 11 is 0. The summed E-state index contributed by atoms with van der Waals surface area (Å²) in [6.07, 6.45) is 1.98. The van der Waals surface area contributed by atoms with E-state index >= 15 is 0 Å².